The number of hydrogen-bond donors (Lipinski definition) is 1. The number of rotatable bonds is 4. The van der Waals surface area contributed by atoms with Crippen LogP contribution in [0.5, 0.6) is 0 Å². The van der Waals surface area contributed by atoms with Crippen LogP contribution in [0.4, 0.5) is 28.9 Å². The van der Waals surface area contributed by atoms with E-state index < -0.39 is 34.6 Å². The Morgan fingerprint density at radius 3 is 2.53 bits per heavy atom. The Morgan fingerprint density at radius 2 is 1.90 bits per heavy atom. The predicted molar refractivity (Wildman–Crippen MR) is 108 cm³/mol. The third kappa shape index (κ3) is 4.99. The lowest BCUT2D eigenvalue weighted by Crippen LogP contribution is -2.31. The molecule has 2 aromatic carbocycles. The zero-order valence-corrected chi connectivity index (χ0v) is 16.6. The first kappa shape index (κ1) is 21.8. The van der Waals surface area contributed by atoms with Crippen molar-refractivity contribution in [3.8, 4) is 0 Å². The highest BCUT2D eigenvalue weighted by molar-refractivity contribution is 8.15. The summed E-state index contributed by atoms with van der Waals surface area (Å²) in [5, 5.41) is 2.22. The molecule has 0 spiro atoms. The molecule has 1 aliphatic rings. The van der Waals surface area contributed by atoms with Gasteiger partial charge in [-0.25, -0.2) is 9.29 Å². The lowest BCUT2D eigenvalue weighted by atomic mass is 10.2. The number of benzene rings is 2. The number of aliphatic imine (C=N–C) groups is 1. The molecule has 5 nitrogen and oxygen atoms in total. The van der Waals surface area contributed by atoms with Gasteiger partial charge in [0.25, 0.3) is 0 Å². The van der Waals surface area contributed by atoms with Crippen LogP contribution in [-0.4, -0.2) is 28.8 Å². The van der Waals surface area contributed by atoms with Crippen molar-refractivity contribution < 1.29 is 27.2 Å². The van der Waals surface area contributed by atoms with E-state index in [4.69, 9.17) is 0 Å². The Kier molecular flexibility index (Phi) is 6.45. The highest BCUT2D eigenvalue weighted by Crippen LogP contribution is 2.33. The first-order valence-corrected chi connectivity index (χ1v) is 9.84. The SMILES string of the molecule is CCN=C(Nc1cccc(C(F)(F)F)c1)S[C@H]1CC(=O)N(c2ccc(F)cc2)C1=O. The minimum absolute atomic E-state index is 0.103. The molecule has 1 fully saturated rings. The topological polar surface area (TPSA) is 61.8 Å². The van der Waals surface area contributed by atoms with E-state index in [9.17, 15) is 27.2 Å². The zero-order valence-electron chi connectivity index (χ0n) is 15.7. The molecule has 30 heavy (non-hydrogen) atoms. The van der Waals surface area contributed by atoms with Gasteiger partial charge in [-0.15, -0.1) is 0 Å². The minimum atomic E-state index is -4.49. The van der Waals surface area contributed by atoms with Gasteiger partial charge in [0, 0.05) is 18.7 Å². The number of anilines is 2. The molecule has 10 heteroatoms. The van der Waals surface area contributed by atoms with Gasteiger partial charge in [0.15, 0.2) is 5.17 Å². The molecule has 1 atom stereocenters. The molecule has 1 heterocycles. The Bertz CT molecular complexity index is 977. The van der Waals surface area contributed by atoms with E-state index in [1.807, 2.05) is 0 Å². The fourth-order valence-corrected chi connectivity index (χ4v) is 3.92. The maximum atomic E-state index is 13.1. The average Bonchev–Trinajstić information content (AvgIpc) is 2.96. The van der Waals surface area contributed by atoms with Crippen molar-refractivity contribution in [1.82, 2.24) is 0 Å². The second kappa shape index (κ2) is 8.86. The Balaban J connectivity index is 1.76. The van der Waals surface area contributed by atoms with E-state index in [1.165, 1.54) is 24.3 Å². The van der Waals surface area contributed by atoms with Crippen LogP contribution >= 0.6 is 11.8 Å². The summed E-state index contributed by atoms with van der Waals surface area (Å²) in [5.41, 5.74) is -0.394. The number of nitrogens with one attached hydrogen (secondary N) is 1. The summed E-state index contributed by atoms with van der Waals surface area (Å²) >= 11 is 0.970. The van der Waals surface area contributed by atoms with Gasteiger partial charge in [0.2, 0.25) is 11.8 Å². The molecule has 2 amide bonds. The number of nitrogens with zero attached hydrogens (tertiary/aromatic N) is 2. The van der Waals surface area contributed by atoms with Crippen molar-refractivity contribution in [3.63, 3.8) is 0 Å². The van der Waals surface area contributed by atoms with Crippen LogP contribution in [0.2, 0.25) is 0 Å². The summed E-state index contributed by atoms with van der Waals surface area (Å²) < 4.78 is 51.9. The summed E-state index contributed by atoms with van der Waals surface area (Å²) in [6.45, 7) is 2.06. The van der Waals surface area contributed by atoms with Crippen LogP contribution in [0.15, 0.2) is 53.5 Å². The van der Waals surface area contributed by atoms with Crippen molar-refractivity contribution in [1.29, 1.82) is 0 Å². The van der Waals surface area contributed by atoms with Crippen LogP contribution < -0.4 is 10.2 Å². The van der Waals surface area contributed by atoms with Crippen molar-refractivity contribution in [2.24, 2.45) is 4.99 Å². The van der Waals surface area contributed by atoms with Gasteiger partial charge in [-0.2, -0.15) is 13.2 Å². The van der Waals surface area contributed by atoms with Crippen molar-refractivity contribution in [2.45, 2.75) is 24.8 Å². The number of carbonyl (C=O) groups is 2. The fraction of sp³-hybridized carbons (Fsp3) is 0.250. The smallest absolute Gasteiger partial charge is 0.335 e. The number of amides is 2. The van der Waals surface area contributed by atoms with Crippen LogP contribution in [-0.2, 0) is 15.8 Å². The number of amidine groups is 1. The molecule has 1 aliphatic heterocycles. The van der Waals surface area contributed by atoms with E-state index in [1.54, 1.807) is 6.92 Å². The normalized spacial score (nSPS) is 17.6. The zero-order chi connectivity index (χ0) is 21.9. The van der Waals surface area contributed by atoms with Crippen LogP contribution in [0.25, 0.3) is 0 Å². The molecule has 1 saturated heterocycles. The summed E-state index contributed by atoms with van der Waals surface area (Å²) in [4.78, 5) is 30.3. The standard InChI is InChI=1S/C20H17F4N3O2S/c1-2-25-19(26-14-5-3-4-12(10-14)20(22,23)24)30-16-11-17(28)27(18(16)29)15-8-6-13(21)7-9-15/h3-10,16H,2,11H2,1H3,(H,25,26)/t16-/m0/s1. The largest absolute Gasteiger partial charge is 0.416 e. The highest BCUT2D eigenvalue weighted by Gasteiger charge is 2.41. The van der Waals surface area contributed by atoms with Gasteiger partial charge in [0.05, 0.1) is 11.3 Å². The lowest BCUT2D eigenvalue weighted by Gasteiger charge is -2.16. The molecule has 158 valence electrons. The predicted octanol–water partition coefficient (Wildman–Crippen LogP) is 4.70. The molecule has 0 aromatic heterocycles. The van der Waals surface area contributed by atoms with Gasteiger partial charge in [-0.05, 0) is 49.4 Å². The summed E-state index contributed by atoms with van der Waals surface area (Å²) in [5.74, 6) is -1.43. The van der Waals surface area contributed by atoms with Crippen LogP contribution in [0, 0.1) is 5.82 Å². The van der Waals surface area contributed by atoms with Gasteiger partial charge < -0.3 is 5.32 Å². The second-order valence-corrected chi connectivity index (χ2v) is 7.53. The van der Waals surface area contributed by atoms with E-state index in [0.717, 1.165) is 40.9 Å². The quantitative estimate of drug-likeness (QED) is 0.325. The van der Waals surface area contributed by atoms with Crippen molar-refractivity contribution >= 4 is 40.1 Å². The number of hydrogen-bond acceptors (Lipinski definition) is 4. The molecule has 1 N–H and O–H groups in total. The lowest BCUT2D eigenvalue weighted by molar-refractivity contribution is -0.137. The highest BCUT2D eigenvalue weighted by atomic mass is 32.2. The van der Waals surface area contributed by atoms with E-state index >= 15 is 0 Å². The molecule has 0 unspecified atom stereocenters. The molecule has 0 saturated carbocycles. The summed E-state index contributed by atoms with van der Waals surface area (Å²) in [7, 11) is 0. The van der Waals surface area contributed by atoms with Crippen molar-refractivity contribution in [3.05, 3.63) is 59.9 Å². The van der Waals surface area contributed by atoms with Gasteiger partial charge in [-0.3, -0.25) is 14.6 Å². The van der Waals surface area contributed by atoms with Gasteiger partial charge >= 0.3 is 6.18 Å². The number of carbonyl (C=O) groups excluding carboxylic acids is 2. The number of alkyl halides is 3. The molecule has 0 aliphatic carbocycles. The van der Waals surface area contributed by atoms with Crippen LogP contribution in [0.1, 0.15) is 18.9 Å². The first-order chi connectivity index (χ1) is 14.2. The maximum absolute atomic E-state index is 13.1. The van der Waals surface area contributed by atoms with Crippen LogP contribution in [0.3, 0.4) is 0 Å². The molecule has 0 radical (unpaired) electrons. The van der Waals surface area contributed by atoms with E-state index in [0.29, 0.717) is 6.54 Å². The fourth-order valence-electron chi connectivity index (χ4n) is 2.84. The first-order valence-electron chi connectivity index (χ1n) is 8.96. The molecular weight excluding hydrogens is 422 g/mol. The maximum Gasteiger partial charge on any atom is 0.416 e. The molecule has 0 bridgehead atoms. The molecular formula is C20H17F4N3O2S. The van der Waals surface area contributed by atoms with E-state index in [2.05, 4.69) is 10.3 Å². The average molecular weight is 439 g/mol. The number of imide groups is 1. The summed E-state index contributed by atoms with van der Waals surface area (Å²) in [6.07, 6.45) is -4.59. The monoisotopic (exact) mass is 439 g/mol. The Morgan fingerprint density at radius 1 is 1.20 bits per heavy atom. The minimum Gasteiger partial charge on any atom is -0.335 e. The number of halogens is 4. The molecule has 3 rings (SSSR count). The third-order valence-electron chi connectivity index (χ3n) is 4.19. The Labute approximate surface area is 174 Å². The van der Waals surface area contributed by atoms with Gasteiger partial charge in [-0.1, -0.05) is 17.8 Å². The third-order valence-corrected chi connectivity index (χ3v) is 5.29. The number of thioether (sulfide) groups is 1. The summed E-state index contributed by atoms with van der Waals surface area (Å²) in [6, 6.07) is 9.57. The van der Waals surface area contributed by atoms with E-state index in [-0.39, 0.29) is 23.0 Å². The Hall–Kier alpha value is -2.88. The van der Waals surface area contributed by atoms with Gasteiger partial charge in [0.1, 0.15) is 11.1 Å². The second-order valence-electron chi connectivity index (χ2n) is 6.34. The molecule has 2 aromatic rings. The van der Waals surface area contributed by atoms with Crippen molar-refractivity contribution in [2.75, 3.05) is 16.8 Å².